The van der Waals surface area contributed by atoms with Crippen LogP contribution in [0.25, 0.3) is 0 Å². The molecule has 2 aliphatic rings. The first-order valence-corrected chi connectivity index (χ1v) is 9.68. The molecule has 1 aromatic carbocycles. The van der Waals surface area contributed by atoms with Crippen molar-refractivity contribution in [1.82, 2.24) is 0 Å². The third-order valence-electron chi connectivity index (χ3n) is 5.22. The number of dihydropyridines is 1. The lowest BCUT2D eigenvalue weighted by Gasteiger charge is -2.26. The summed E-state index contributed by atoms with van der Waals surface area (Å²) in [7, 11) is 1.65. The topological polar surface area (TPSA) is 71.3 Å². The van der Waals surface area contributed by atoms with E-state index in [1.54, 1.807) is 19.2 Å². The zero-order valence-corrected chi connectivity index (χ0v) is 17.1. The molecular formula is C22H27N3O3. The molecule has 0 bridgehead atoms. The Morgan fingerprint density at radius 2 is 2.04 bits per heavy atom. The van der Waals surface area contributed by atoms with E-state index in [1.165, 1.54) is 10.5 Å². The fourth-order valence-electron chi connectivity index (χ4n) is 3.45. The van der Waals surface area contributed by atoms with E-state index in [0.29, 0.717) is 23.1 Å². The Morgan fingerprint density at radius 1 is 1.32 bits per heavy atom. The molecule has 0 aliphatic carbocycles. The maximum absolute atomic E-state index is 12.8. The zero-order chi connectivity index (χ0) is 20.4. The van der Waals surface area contributed by atoms with E-state index in [0.717, 1.165) is 6.42 Å². The molecule has 0 aromatic heterocycles. The highest BCUT2D eigenvalue weighted by Crippen LogP contribution is 2.30. The summed E-state index contributed by atoms with van der Waals surface area (Å²) in [4.78, 5) is 35.6. The highest BCUT2D eigenvalue weighted by Gasteiger charge is 2.28. The van der Waals surface area contributed by atoms with Crippen LogP contribution in [0.15, 0.2) is 45.9 Å². The zero-order valence-electron chi connectivity index (χ0n) is 17.1. The molecule has 2 amide bonds. The van der Waals surface area contributed by atoms with E-state index in [4.69, 9.17) is 4.74 Å². The lowest BCUT2D eigenvalue weighted by molar-refractivity contribution is -0.114. The molecule has 6 nitrogen and oxygen atoms in total. The monoisotopic (exact) mass is 381 g/mol. The Hall–Kier alpha value is -2.76. The van der Waals surface area contributed by atoms with Gasteiger partial charge < -0.3 is 9.64 Å². The minimum atomic E-state index is -0.494. The van der Waals surface area contributed by atoms with Gasteiger partial charge in [-0.2, -0.15) is 0 Å². The van der Waals surface area contributed by atoms with Crippen LogP contribution in [-0.2, 0) is 9.59 Å². The number of anilines is 1. The van der Waals surface area contributed by atoms with Crippen LogP contribution in [0.4, 0.5) is 5.69 Å². The Labute approximate surface area is 166 Å². The van der Waals surface area contributed by atoms with Crippen molar-refractivity contribution in [3.8, 4) is 5.75 Å². The first-order chi connectivity index (χ1) is 13.3. The number of fused-ring (bicyclic) bond motifs is 1. The number of rotatable bonds is 3. The van der Waals surface area contributed by atoms with Gasteiger partial charge in [0.2, 0.25) is 0 Å². The first kappa shape index (κ1) is 20.0. The SMILES string of the molecule is CC(C)CC1=CC(C(=O)N=C2COc3ccccc3N(C)C2=O)=N[C@@H](C)C1C. The van der Waals surface area contributed by atoms with Gasteiger partial charge in [0.1, 0.15) is 23.8 Å². The quantitative estimate of drug-likeness (QED) is 0.805. The van der Waals surface area contributed by atoms with Gasteiger partial charge in [-0.3, -0.25) is 14.6 Å². The third-order valence-corrected chi connectivity index (χ3v) is 5.22. The lowest BCUT2D eigenvalue weighted by Crippen LogP contribution is -2.35. The molecule has 2 atom stereocenters. The lowest BCUT2D eigenvalue weighted by atomic mass is 9.85. The van der Waals surface area contributed by atoms with Gasteiger partial charge in [0, 0.05) is 7.05 Å². The van der Waals surface area contributed by atoms with Crippen molar-refractivity contribution in [3.63, 3.8) is 0 Å². The highest BCUT2D eigenvalue weighted by atomic mass is 16.5. The van der Waals surface area contributed by atoms with Crippen molar-refractivity contribution in [1.29, 1.82) is 0 Å². The molecule has 0 spiro atoms. The van der Waals surface area contributed by atoms with Gasteiger partial charge in [-0.25, -0.2) is 4.99 Å². The van der Waals surface area contributed by atoms with Crippen LogP contribution in [0, 0.1) is 11.8 Å². The number of nitrogens with zero attached hydrogens (tertiary/aromatic N) is 3. The normalized spacial score (nSPS) is 23.7. The second kappa shape index (κ2) is 8.09. The van der Waals surface area contributed by atoms with Crippen molar-refractivity contribution in [2.75, 3.05) is 18.6 Å². The Morgan fingerprint density at radius 3 is 2.75 bits per heavy atom. The number of benzene rings is 1. The summed E-state index contributed by atoms with van der Waals surface area (Å²) in [6, 6.07) is 7.27. The summed E-state index contributed by atoms with van der Waals surface area (Å²) in [5, 5.41) is 0. The molecule has 148 valence electrons. The standard InChI is InChI=1S/C22H27N3O3/c1-13(2)10-16-11-17(23-15(4)14(16)3)21(26)24-18-12-28-20-9-7-6-8-19(20)25(5)22(18)27/h6-9,11,13-15H,10,12H2,1-5H3/t14?,15-/m0/s1. The molecule has 2 aliphatic heterocycles. The van der Waals surface area contributed by atoms with E-state index in [2.05, 4.69) is 30.8 Å². The predicted molar refractivity (Wildman–Crippen MR) is 111 cm³/mol. The van der Waals surface area contributed by atoms with Gasteiger partial charge in [-0.15, -0.1) is 0 Å². The van der Waals surface area contributed by atoms with Crippen molar-refractivity contribution in [2.45, 2.75) is 40.2 Å². The fourth-order valence-corrected chi connectivity index (χ4v) is 3.45. The molecule has 2 heterocycles. The summed E-state index contributed by atoms with van der Waals surface area (Å²) >= 11 is 0. The molecule has 28 heavy (non-hydrogen) atoms. The molecular weight excluding hydrogens is 354 g/mol. The predicted octanol–water partition coefficient (Wildman–Crippen LogP) is 3.46. The van der Waals surface area contributed by atoms with Crippen molar-refractivity contribution in [2.24, 2.45) is 21.8 Å². The van der Waals surface area contributed by atoms with Crippen LogP contribution in [0.2, 0.25) is 0 Å². The number of ether oxygens (including phenoxy) is 1. The van der Waals surface area contributed by atoms with Gasteiger partial charge in [-0.05, 0) is 43.4 Å². The highest BCUT2D eigenvalue weighted by molar-refractivity contribution is 6.51. The van der Waals surface area contributed by atoms with E-state index < -0.39 is 5.91 Å². The molecule has 0 fully saturated rings. The largest absolute Gasteiger partial charge is 0.485 e. The molecule has 1 unspecified atom stereocenters. The average Bonchev–Trinajstić information content (AvgIpc) is 2.77. The minimum absolute atomic E-state index is 0.00548. The van der Waals surface area contributed by atoms with E-state index in [1.807, 2.05) is 25.1 Å². The maximum atomic E-state index is 12.8. The molecule has 3 rings (SSSR count). The van der Waals surface area contributed by atoms with Gasteiger partial charge >= 0.3 is 0 Å². The molecule has 0 N–H and O–H groups in total. The Bertz CT molecular complexity index is 883. The molecule has 1 aromatic rings. The summed E-state index contributed by atoms with van der Waals surface area (Å²) in [5.74, 6) is 0.530. The smallest absolute Gasteiger partial charge is 0.295 e. The second-order valence-electron chi connectivity index (χ2n) is 7.85. The Balaban J connectivity index is 1.87. The maximum Gasteiger partial charge on any atom is 0.295 e. The molecule has 6 heteroatoms. The van der Waals surface area contributed by atoms with Gasteiger partial charge in [-0.1, -0.05) is 38.5 Å². The van der Waals surface area contributed by atoms with Crippen LogP contribution in [-0.4, -0.2) is 42.9 Å². The van der Waals surface area contributed by atoms with Crippen molar-refractivity contribution in [3.05, 3.63) is 35.9 Å². The van der Waals surface area contributed by atoms with Gasteiger partial charge in [0.25, 0.3) is 11.8 Å². The second-order valence-corrected chi connectivity index (χ2v) is 7.85. The number of aliphatic imine (C=N–C) groups is 2. The van der Waals surface area contributed by atoms with Crippen LogP contribution in [0.5, 0.6) is 5.75 Å². The summed E-state index contributed by atoms with van der Waals surface area (Å²) in [6.45, 7) is 8.39. The summed E-state index contributed by atoms with van der Waals surface area (Å²) in [5.41, 5.74) is 2.25. The number of carbonyl (C=O) groups is 2. The van der Waals surface area contributed by atoms with E-state index in [9.17, 15) is 9.59 Å². The minimum Gasteiger partial charge on any atom is -0.485 e. The van der Waals surface area contributed by atoms with Crippen molar-refractivity contribution >= 4 is 28.9 Å². The molecule has 0 saturated heterocycles. The summed E-state index contributed by atoms with van der Waals surface area (Å²) in [6.07, 6.45) is 2.76. The van der Waals surface area contributed by atoms with Crippen LogP contribution >= 0.6 is 0 Å². The fraction of sp³-hybridized carbons (Fsp3) is 0.455. The molecule has 0 saturated carbocycles. The van der Waals surface area contributed by atoms with E-state index in [-0.39, 0.29) is 30.2 Å². The van der Waals surface area contributed by atoms with E-state index >= 15 is 0 Å². The number of carbonyl (C=O) groups excluding carboxylic acids is 2. The third kappa shape index (κ3) is 4.06. The molecule has 0 radical (unpaired) electrons. The van der Waals surface area contributed by atoms with Crippen LogP contribution in [0.3, 0.4) is 0 Å². The first-order valence-electron chi connectivity index (χ1n) is 9.68. The Kier molecular flexibility index (Phi) is 5.77. The van der Waals surface area contributed by atoms with Crippen molar-refractivity contribution < 1.29 is 14.3 Å². The number of para-hydroxylation sites is 2. The average molecular weight is 381 g/mol. The number of hydrogen-bond donors (Lipinski definition) is 0. The van der Waals surface area contributed by atoms with Gasteiger partial charge in [0.15, 0.2) is 0 Å². The van der Waals surface area contributed by atoms with Crippen LogP contribution in [0.1, 0.15) is 34.1 Å². The number of amides is 2. The summed E-state index contributed by atoms with van der Waals surface area (Å²) < 4.78 is 5.70. The van der Waals surface area contributed by atoms with Gasteiger partial charge in [0.05, 0.1) is 11.7 Å². The van der Waals surface area contributed by atoms with Crippen LogP contribution < -0.4 is 9.64 Å². The number of hydrogen-bond acceptors (Lipinski definition) is 4.